The standard InChI is InChI=1S/C17H16F3N3O2/c1-21-16(25)11-6-2-4-8-13(11)22-10-15(24)23-14-9-5-3-7-12(14)17(18,19)20/h2-9,22H,10H2,1H3,(H,21,25)(H,23,24). The summed E-state index contributed by atoms with van der Waals surface area (Å²) in [6.07, 6.45) is -4.57. The molecule has 0 saturated heterocycles. The van der Waals surface area contributed by atoms with Crippen molar-refractivity contribution in [3.63, 3.8) is 0 Å². The van der Waals surface area contributed by atoms with Gasteiger partial charge in [0.15, 0.2) is 0 Å². The van der Waals surface area contributed by atoms with Crippen LogP contribution in [0.4, 0.5) is 24.5 Å². The van der Waals surface area contributed by atoms with Gasteiger partial charge in [0.25, 0.3) is 5.91 Å². The Hall–Kier alpha value is -3.03. The Kier molecular flexibility index (Phi) is 5.63. The third kappa shape index (κ3) is 4.72. The molecule has 0 atom stereocenters. The van der Waals surface area contributed by atoms with Crippen LogP contribution in [0.5, 0.6) is 0 Å². The molecule has 0 fully saturated rings. The fourth-order valence-electron chi connectivity index (χ4n) is 2.18. The highest BCUT2D eigenvalue weighted by Gasteiger charge is 2.33. The van der Waals surface area contributed by atoms with Gasteiger partial charge in [-0.05, 0) is 24.3 Å². The van der Waals surface area contributed by atoms with Crippen molar-refractivity contribution in [2.45, 2.75) is 6.18 Å². The molecule has 2 amide bonds. The zero-order valence-corrected chi connectivity index (χ0v) is 13.3. The summed E-state index contributed by atoms with van der Waals surface area (Å²) in [6, 6.07) is 11.2. The van der Waals surface area contributed by atoms with E-state index in [2.05, 4.69) is 16.0 Å². The number of para-hydroxylation sites is 2. The van der Waals surface area contributed by atoms with Crippen LogP contribution in [0.1, 0.15) is 15.9 Å². The molecule has 0 aliphatic carbocycles. The highest BCUT2D eigenvalue weighted by Crippen LogP contribution is 2.34. The van der Waals surface area contributed by atoms with E-state index in [0.717, 1.165) is 6.07 Å². The lowest BCUT2D eigenvalue weighted by Gasteiger charge is -2.14. The Balaban J connectivity index is 2.07. The minimum absolute atomic E-state index is 0.291. The summed E-state index contributed by atoms with van der Waals surface area (Å²) >= 11 is 0. The van der Waals surface area contributed by atoms with Crippen molar-refractivity contribution in [2.24, 2.45) is 0 Å². The van der Waals surface area contributed by atoms with E-state index in [4.69, 9.17) is 0 Å². The van der Waals surface area contributed by atoms with Crippen molar-refractivity contribution < 1.29 is 22.8 Å². The largest absolute Gasteiger partial charge is 0.418 e. The molecule has 132 valence electrons. The number of hydrogen-bond donors (Lipinski definition) is 3. The minimum Gasteiger partial charge on any atom is -0.376 e. The number of alkyl halides is 3. The number of hydrogen-bond acceptors (Lipinski definition) is 3. The lowest BCUT2D eigenvalue weighted by Crippen LogP contribution is -2.25. The molecule has 0 aromatic heterocycles. The molecule has 0 bridgehead atoms. The number of carbonyl (C=O) groups is 2. The number of anilines is 2. The molecular weight excluding hydrogens is 335 g/mol. The monoisotopic (exact) mass is 351 g/mol. The first-order valence-electron chi connectivity index (χ1n) is 7.34. The minimum atomic E-state index is -4.57. The fourth-order valence-corrected chi connectivity index (χ4v) is 2.18. The Morgan fingerprint density at radius 1 is 0.960 bits per heavy atom. The van der Waals surface area contributed by atoms with Gasteiger partial charge in [-0.25, -0.2) is 0 Å². The van der Waals surface area contributed by atoms with Gasteiger partial charge >= 0.3 is 6.18 Å². The van der Waals surface area contributed by atoms with Gasteiger partial charge in [0.05, 0.1) is 23.4 Å². The summed E-state index contributed by atoms with van der Waals surface area (Å²) in [4.78, 5) is 23.7. The molecule has 2 aromatic carbocycles. The van der Waals surface area contributed by atoms with Crippen LogP contribution in [0.25, 0.3) is 0 Å². The maximum atomic E-state index is 12.9. The van der Waals surface area contributed by atoms with Crippen LogP contribution in [-0.2, 0) is 11.0 Å². The van der Waals surface area contributed by atoms with E-state index in [-0.39, 0.29) is 18.1 Å². The smallest absolute Gasteiger partial charge is 0.376 e. The fraction of sp³-hybridized carbons (Fsp3) is 0.176. The van der Waals surface area contributed by atoms with Crippen molar-refractivity contribution in [1.82, 2.24) is 5.32 Å². The molecule has 2 aromatic rings. The maximum Gasteiger partial charge on any atom is 0.418 e. The second-order valence-corrected chi connectivity index (χ2v) is 5.07. The van der Waals surface area contributed by atoms with E-state index in [1.165, 1.54) is 25.2 Å². The molecule has 25 heavy (non-hydrogen) atoms. The molecule has 0 aliphatic heterocycles. The van der Waals surface area contributed by atoms with E-state index in [0.29, 0.717) is 11.3 Å². The summed E-state index contributed by atoms with van der Waals surface area (Å²) in [5.41, 5.74) is -0.509. The molecule has 0 aliphatic rings. The first-order valence-corrected chi connectivity index (χ1v) is 7.34. The van der Waals surface area contributed by atoms with Gasteiger partial charge in [-0.1, -0.05) is 24.3 Å². The van der Waals surface area contributed by atoms with Crippen LogP contribution in [0.3, 0.4) is 0 Å². The van der Waals surface area contributed by atoms with Gasteiger partial charge in [0, 0.05) is 12.7 Å². The van der Waals surface area contributed by atoms with Crippen molar-refractivity contribution in [3.05, 3.63) is 59.7 Å². The number of amides is 2. The third-order valence-corrected chi connectivity index (χ3v) is 3.34. The number of carbonyl (C=O) groups excluding carboxylic acids is 2. The molecule has 0 spiro atoms. The van der Waals surface area contributed by atoms with Crippen molar-refractivity contribution >= 4 is 23.2 Å². The number of benzene rings is 2. The van der Waals surface area contributed by atoms with Gasteiger partial charge in [-0.15, -0.1) is 0 Å². The summed E-state index contributed by atoms with van der Waals surface area (Å²) in [6.45, 7) is -0.291. The molecule has 5 nitrogen and oxygen atoms in total. The quantitative estimate of drug-likeness (QED) is 0.775. The predicted octanol–water partition coefficient (Wildman–Crippen LogP) is 3.12. The second kappa shape index (κ2) is 7.69. The van der Waals surface area contributed by atoms with Crippen LogP contribution < -0.4 is 16.0 Å². The normalized spacial score (nSPS) is 10.9. The molecule has 3 N–H and O–H groups in total. The van der Waals surface area contributed by atoms with E-state index < -0.39 is 17.6 Å². The molecule has 0 radical (unpaired) electrons. The van der Waals surface area contributed by atoms with E-state index in [1.807, 2.05) is 0 Å². The molecule has 0 unspecified atom stereocenters. The first kappa shape index (κ1) is 18.3. The number of halogens is 3. The van der Waals surface area contributed by atoms with E-state index in [1.54, 1.807) is 24.3 Å². The Morgan fingerprint density at radius 2 is 1.56 bits per heavy atom. The first-order chi connectivity index (χ1) is 11.8. The van der Waals surface area contributed by atoms with Crippen LogP contribution in [-0.4, -0.2) is 25.4 Å². The molecule has 8 heteroatoms. The Morgan fingerprint density at radius 3 is 2.20 bits per heavy atom. The van der Waals surface area contributed by atoms with Crippen molar-refractivity contribution in [3.8, 4) is 0 Å². The van der Waals surface area contributed by atoms with E-state index >= 15 is 0 Å². The van der Waals surface area contributed by atoms with Crippen molar-refractivity contribution in [1.29, 1.82) is 0 Å². The second-order valence-electron chi connectivity index (χ2n) is 5.07. The van der Waals surface area contributed by atoms with Crippen LogP contribution in [0, 0.1) is 0 Å². The molecule has 2 rings (SSSR count). The Labute approximate surface area is 142 Å². The molecular formula is C17H16F3N3O2. The highest BCUT2D eigenvalue weighted by atomic mass is 19.4. The lowest BCUT2D eigenvalue weighted by atomic mass is 10.1. The van der Waals surface area contributed by atoms with Crippen molar-refractivity contribution in [2.75, 3.05) is 24.2 Å². The summed E-state index contributed by atoms with van der Waals surface area (Å²) in [5.74, 6) is -1.01. The maximum absolute atomic E-state index is 12.9. The van der Waals surface area contributed by atoms with E-state index in [9.17, 15) is 22.8 Å². The van der Waals surface area contributed by atoms with Gasteiger partial charge < -0.3 is 16.0 Å². The predicted molar refractivity (Wildman–Crippen MR) is 88.4 cm³/mol. The highest BCUT2D eigenvalue weighted by molar-refractivity contribution is 6.00. The topological polar surface area (TPSA) is 70.2 Å². The van der Waals surface area contributed by atoms with Gasteiger partial charge in [0.1, 0.15) is 0 Å². The van der Waals surface area contributed by atoms with Crippen LogP contribution >= 0.6 is 0 Å². The van der Waals surface area contributed by atoms with Crippen LogP contribution in [0.2, 0.25) is 0 Å². The summed E-state index contributed by atoms with van der Waals surface area (Å²) in [7, 11) is 1.47. The average Bonchev–Trinajstić information content (AvgIpc) is 2.59. The van der Waals surface area contributed by atoms with Gasteiger partial charge in [-0.3, -0.25) is 9.59 Å². The summed E-state index contributed by atoms with van der Waals surface area (Å²) < 4.78 is 38.8. The molecule has 0 heterocycles. The third-order valence-electron chi connectivity index (χ3n) is 3.34. The zero-order valence-electron chi connectivity index (χ0n) is 13.3. The van der Waals surface area contributed by atoms with Gasteiger partial charge in [0.2, 0.25) is 5.91 Å². The zero-order chi connectivity index (χ0) is 18.4. The number of rotatable bonds is 5. The lowest BCUT2D eigenvalue weighted by molar-refractivity contribution is -0.137. The van der Waals surface area contributed by atoms with Gasteiger partial charge in [-0.2, -0.15) is 13.2 Å². The van der Waals surface area contributed by atoms with Crippen LogP contribution in [0.15, 0.2) is 48.5 Å². The summed E-state index contributed by atoms with van der Waals surface area (Å²) in [5, 5.41) is 7.45. The average molecular weight is 351 g/mol. The number of nitrogens with one attached hydrogen (secondary N) is 3. The molecule has 0 saturated carbocycles. The Bertz CT molecular complexity index is 776. The SMILES string of the molecule is CNC(=O)c1ccccc1NCC(=O)Nc1ccccc1C(F)(F)F.